The van der Waals surface area contributed by atoms with Crippen LogP contribution in [-0.4, -0.2) is 60.1 Å². The molecular weight excluding hydrogens is 266 g/mol. The summed E-state index contributed by atoms with van der Waals surface area (Å²) in [5.41, 5.74) is 0.823. The molecule has 0 unspecified atom stereocenters. The van der Waals surface area contributed by atoms with E-state index in [9.17, 15) is 5.11 Å². The van der Waals surface area contributed by atoms with Crippen molar-refractivity contribution in [1.29, 1.82) is 0 Å². The molecule has 0 spiro atoms. The van der Waals surface area contributed by atoms with Gasteiger partial charge in [0.1, 0.15) is 5.75 Å². The van der Waals surface area contributed by atoms with Crippen LogP contribution in [0.4, 0.5) is 5.69 Å². The zero-order chi connectivity index (χ0) is 14.7. The van der Waals surface area contributed by atoms with E-state index < -0.39 is 0 Å². The number of hydrogen-bond acceptors (Lipinski definition) is 4. The number of aliphatic imine (C=N–C) groups is 2. The first-order chi connectivity index (χ1) is 10.2. The highest BCUT2D eigenvalue weighted by molar-refractivity contribution is 6.00. The maximum absolute atomic E-state index is 9.37. The van der Waals surface area contributed by atoms with Crippen molar-refractivity contribution in [2.45, 2.75) is 12.8 Å². The summed E-state index contributed by atoms with van der Waals surface area (Å²) in [5, 5.41) is 12.7. The molecular formula is C15H21N5O. The minimum absolute atomic E-state index is 0.254. The molecule has 0 aliphatic carbocycles. The van der Waals surface area contributed by atoms with E-state index in [2.05, 4.69) is 20.1 Å². The number of benzene rings is 1. The van der Waals surface area contributed by atoms with Crippen molar-refractivity contribution in [2.75, 3.05) is 33.2 Å². The van der Waals surface area contributed by atoms with E-state index in [0.717, 1.165) is 43.8 Å². The van der Waals surface area contributed by atoms with Gasteiger partial charge in [-0.1, -0.05) is 0 Å². The molecule has 0 radical (unpaired) electrons. The molecule has 1 aromatic rings. The smallest absolute Gasteiger partial charge is 0.206 e. The number of rotatable bonds is 1. The molecule has 6 heteroatoms. The molecule has 1 aromatic carbocycles. The fourth-order valence-corrected chi connectivity index (χ4v) is 2.52. The minimum atomic E-state index is 0.254. The van der Waals surface area contributed by atoms with Crippen molar-refractivity contribution in [3.8, 4) is 5.75 Å². The lowest BCUT2D eigenvalue weighted by molar-refractivity contribution is 0.475. The molecule has 1 fully saturated rings. The van der Waals surface area contributed by atoms with Crippen LogP contribution in [0.25, 0.3) is 0 Å². The Morgan fingerprint density at radius 2 is 1.90 bits per heavy atom. The molecule has 112 valence electrons. The topological polar surface area (TPSA) is 63.5 Å². The molecule has 0 bridgehead atoms. The normalized spacial score (nSPS) is 19.1. The molecule has 0 aromatic heterocycles. The van der Waals surface area contributed by atoms with Crippen LogP contribution in [0.5, 0.6) is 5.75 Å². The number of aromatic hydroxyl groups is 1. The number of hydrogen-bond donors (Lipinski definition) is 2. The standard InChI is InChI=1S/C15H21N5O/c1-19-11-8-16-14(19)18-15(20-9-2-3-10-20)17-12-4-6-13(21)7-5-12/h4-7,21H,2-3,8-11H2,1H3,(H,16,17,18). The maximum Gasteiger partial charge on any atom is 0.206 e. The summed E-state index contributed by atoms with van der Waals surface area (Å²) in [6.07, 6.45) is 2.39. The molecule has 0 saturated carbocycles. The summed E-state index contributed by atoms with van der Waals surface area (Å²) in [6, 6.07) is 6.93. The number of nitrogens with one attached hydrogen (secondary N) is 1. The summed E-state index contributed by atoms with van der Waals surface area (Å²) in [6.45, 7) is 3.79. The fourth-order valence-electron chi connectivity index (χ4n) is 2.52. The van der Waals surface area contributed by atoms with Gasteiger partial charge in [0, 0.05) is 26.7 Å². The molecule has 2 aliphatic rings. The summed E-state index contributed by atoms with van der Waals surface area (Å²) < 4.78 is 0. The second kappa shape index (κ2) is 6.03. The average molecular weight is 287 g/mol. The van der Waals surface area contributed by atoms with Gasteiger partial charge in [-0.05, 0) is 37.1 Å². The van der Waals surface area contributed by atoms with E-state index in [-0.39, 0.29) is 5.75 Å². The molecule has 21 heavy (non-hydrogen) atoms. The van der Waals surface area contributed by atoms with E-state index in [0.29, 0.717) is 0 Å². The molecule has 2 N–H and O–H groups in total. The van der Waals surface area contributed by atoms with E-state index in [1.54, 1.807) is 12.1 Å². The second-order valence-electron chi connectivity index (χ2n) is 5.40. The summed E-state index contributed by atoms with van der Waals surface area (Å²) in [5.74, 6) is 1.97. The van der Waals surface area contributed by atoms with Crippen LogP contribution >= 0.6 is 0 Å². The Hall–Kier alpha value is -2.24. The number of likely N-dealkylation sites (tertiary alicyclic amines) is 1. The van der Waals surface area contributed by atoms with Gasteiger partial charge < -0.3 is 14.9 Å². The Bertz CT molecular complexity index is 546. The lowest BCUT2D eigenvalue weighted by Crippen LogP contribution is -2.46. The number of nitrogens with zero attached hydrogens (tertiary/aromatic N) is 4. The Labute approximate surface area is 124 Å². The quantitative estimate of drug-likeness (QED) is 0.605. The van der Waals surface area contributed by atoms with Crippen LogP contribution in [0, 0.1) is 0 Å². The van der Waals surface area contributed by atoms with Gasteiger partial charge in [0.15, 0.2) is 0 Å². The lowest BCUT2D eigenvalue weighted by Gasteiger charge is -2.23. The SMILES string of the molecule is CN1CCN=C1N/C(=N/c1ccc(O)cc1)N1CCCC1. The predicted octanol–water partition coefficient (Wildman–Crippen LogP) is 1.37. The summed E-state index contributed by atoms with van der Waals surface area (Å²) >= 11 is 0. The van der Waals surface area contributed by atoms with Crippen LogP contribution < -0.4 is 5.32 Å². The van der Waals surface area contributed by atoms with Crippen molar-refractivity contribution in [3.05, 3.63) is 24.3 Å². The highest BCUT2D eigenvalue weighted by Crippen LogP contribution is 2.18. The maximum atomic E-state index is 9.37. The van der Waals surface area contributed by atoms with E-state index >= 15 is 0 Å². The van der Waals surface area contributed by atoms with Gasteiger partial charge in [-0.3, -0.25) is 10.3 Å². The summed E-state index contributed by atoms with van der Waals surface area (Å²) in [4.78, 5) is 13.5. The van der Waals surface area contributed by atoms with Gasteiger partial charge in [0.25, 0.3) is 0 Å². The predicted molar refractivity (Wildman–Crippen MR) is 84.1 cm³/mol. The Kier molecular flexibility index (Phi) is 3.94. The van der Waals surface area contributed by atoms with E-state index in [1.165, 1.54) is 12.8 Å². The molecule has 6 nitrogen and oxygen atoms in total. The van der Waals surface area contributed by atoms with Crippen molar-refractivity contribution in [2.24, 2.45) is 9.98 Å². The van der Waals surface area contributed by atoms with E-state index in [4.69, 9.17) is 4.99 Å². The molecule has 0 amide bonds. The first-order valence-corrected chi connectivity index (χ1v) is 7.38. The lowest BCUT2D eigenvalue weighted by atomic mass is 10.3. The van der Waals surface area contributed by atoms with Crippen molar-refractivity contribution >= 4 is 17.6 Å². The van der Waals surface area contributed by atoms with Crippen LogP contribution in [-0.2, 0) is 0 Å². The van der Waals surface area contributed by atoms with Gasteiger partial charge in [-0.25, -0.2) is 4.99 Å². The highest BCUT2D eigenvalue weighted by Gasteiger charge is 2.20. The zero-order valence-corrected chi connectivity index (χ0v) is 12.3. The Morgan fingerprint density at radius 1 is 1.19 bits per heavy atom. The van der Waals surface area contributed by atoms with Gasteiger partial charge >= 0.3 is 0 Å². The largest absolute Gasteiger partial charge is 0.508 e. The number of phenolic OH excluding ortho intramolecular Hbond substituents is 1. The monoisotopic (exact) mass is 287 g/mol. The van der Waals surface area contributed by atoms with Crippen LogP contribution in [0.2, 0.25) is 0 Å². The molecule has 2 aliphatic heterocycles. The first kappa shape index (κ1) is 13.7. The minimum Gasteiger partial charge on any atom is -0.508 e. The third-order valence-corrected chi connectivity index (χ3v) is 3.77. The number of phenols is 1. The third-order valence-electron chi connectivity index (χ3n) is 3.77. The first-order valence-electron chi connectivity index (χ1n) is 7.38. The molecule has 2 heterocycles. The number of guanidine groups is 2. The van der Waals surface area contributed by atoms with Gasteiger partial charge in [0.2, 0.25) is 11.9 Å². The second-order valence-corrected chi connectivity index (χ2v) is 5.40. The van der Waals surface area contributed by atoms with Crippen LogP contribution in [0.15, 0.2) is 34.3 Å². The van der Waals surface area contributed by atoms with E-state index in [1.807, 2.05) is 19.2 Å². The number of likely N-dealkylation sites (N-methyl/N-ethyl adjacent to an activating group) is 1. The highest BCUT2D eigenvalue weighted by atomic mass is 16.3. The fraction of sp³-hybridized carbons (Fsp3) is 0.467. The van der Waals surface area contributed by atoms with Crippen molar-refractivity contribution in [3.63, 3.8) is 0 Å². The van der Waals surface area contributed by atoms with Gasteiger partial charge in [-0.2, -0.15) is 0 Å². The molecule has 1 saturated heterocycles. The van der Waals surface area contributed by atoms with Crippen LogP contribution in [0.3, 0.4) is 0 Å². The van der Waals surface area contributed by atoms with Crippen molar-refractivity contribution in [1.82, 2.24) is 15.1 Å². The van der Waals surface area contributed by atoms with Crippen LogP contribution in [0.1, 0.15) is 12.8 Å². The molecule has 3 rings (SSSR count). The average Bonchev–Trinajstić information content (AvgIpc) is 3.13. The Balaban J connectivity index is 1.82. The zero-order valence-electron chi connectivity index (χ0n) is 12.3. The summed E-state index contributed by atoms with van der Waals surface area (Å²) in [7, 11) is 2.03. The van der Waals surface area contributed by atoms with Gasteiger partial charge in [0.05, 0.1) is 12.2 Å². The Morgan fingerprint density at radius 3 is 2.52 bits per heavy atom. The third kappa shape index (κ3) is 3.26. The molecule has 0 atom stereocenters. The van der Waals surface area contributed by atoms with Crippen molar-refractivity contribution < 1.29 is 5.11 Å². The van der Waals surface area contributed by atoms with Gasteiger partial charge in [-0.15, -0.1) is 0 Å².